The number of hydrogen-bond acceptors (Lipinski definition) is 0. The van der Waals surface area contributed by atoms with Crippen LogP contribution in [0.4, 0.5) is 0 Å². The zero-order chi connectivity index (χ0) is 30.9. The van der Waals surface area contributed by atoms with Crippen LogP contribution in [0.5, 0.6) is 0 Å². The molecule has 2 aliphatic carbocycles. The van der Waals surface area contributed by atoms with Gasteiger partial charge in [-0.1, -0.05) is 0 Å². The summed E-state index contributed by atoms with van der Waals surface area (Å²) in [5.74, 6) is 0.466. The van der Waals surface area contributed by atoms with E-state index in [1.807, 2.05) is 0 Å². The Morgan fingerprint density at radius 2 is 1.36 bits per heavy atom. The zero-order valence-electron chi connectivity index (χ0n) is 29.2. The SMILES string of the molecule is CCC[CH2][Ti]1([CH2]C(CC)(C2=CC([Si](C)(C)C)=CC2)C2c3ccc(C(C)(C)C)cc3-c3cc(C(C)(C)C)ccc32)[CH2][CH]1C. The van der Waals surface area contributed by atoms with Gasteiger partial charge in [0.05, 0.1) is 0 Å². The van der Waals surface area contributed by atoms with Crippen LogP contribution in [0.25, 0.3) is 11.1 Å². The van der Waals surface area contributed by atoms with Gasteiger partial charge in [-0.3, -0.25) is 0 Å². The third kappa shape index (κ3) is 5.70. The predicted octanol–water partition coefficient (Wildman–Crippen LogP) is 13.0. The van der Waals surface area contributed by atoms with E-state index >= 15 is 0 Å². The van der Waals surface area contributed by atoms with Crippen LogP contribution in [-0.2, 0) is 27.4 Å². The molecular formula is C40H60SiTi. The number of rotatable bonds is 9. The Labute approximate surface area is 264 Å². The van der Waals surface area contributed by atoms with Gasteiger partial charge in [-0.2, -0.15) is 0 Å². The van der Waals surface area contributed by atoms with Crippen molar-refractivity contribution in [3.05, 3.63) is 81.6 Å². The van der Waals surface area contributed by atoms with Gasteiger partial charge in [-0.25, -0.2) is 0 Å². The van der Waals surface area contributed by atoms with Gasteiger partial charge in [-0.15, -0.1) is 0 Å². The van der Waals surface area contributed by atoms with Crippen LogP contribution in [-0.4, -0.2) is 8.07 Å². The molecule has 1 aliphatic heterocycles. The molecule has 0 bridgehead atoms. The molecule has 2 heteroatoms. The van der Waals surface area contributed by atoms with Crippen LogP contribution in [0.15, 0.2) is 59.3 Å². The molecule has 0 aromatic heterocycles. The molecule has 3 unspecified atom stereocenters. The monoisotopic (exact) mass is 616 g/mol. The molecule has 1 fully saturated rings. The van der Waals surface area contributed by atoms with Gasteiger partial charge in [0.2, 0.25) is 0 Å². The number of benzene rings is 2. The van der Waals surface area contributed by atoms with E-state index in [1.165, 1.54) is 52.7 Å². The topological polar surface area (TPSA) is 0 Å². The predicted molar refractivity (Wildman–Crippen MR) is 187 cm³/mol. The van der Waals surface area contributed by atoms with Crippen molar-refractivity contribution < 1.29 is 16.6 Å². The quantitative estimate of drug-likeness (QED) is 0.246. The molecule has 0 nitrogen and oxygen atoms in total. The van der Waals surface area contributed by atoms with E-state index in [0.29, 0.717) is 5.92 Å². The van der Waals surface area contributed by atoms with E-state index < -0.39 is 24.7 Å². The van der Waals surface area contributed by atoms with E-state index in [0.717, 1.165) is 4.22 Å². The fourth-order valence-corrected chi connectivity index (χ4v) is 20.2. The van der Waals surface area contributed by atoms with Gasteiger partial charge in [0.25, 0.3) is 0 Å². The zero-order valence-corrected chi connectivity index (χ0v) is 31.8. The van der Waals surface area contributed by atoms with Crippen LogP contribution in [0, 0.1) is 5.41 Å². The summed E-state index contributed by atoms with van der Waals surface area (Å²) < 4.78 is 5.73. The molecule has 228 valence electrons. The molecule has 5 rings (SSSR count). The van der Waals surface area contributed by atoms with Crippen molar-refractivity contribution in [2.45, 2.75) is 143 Å². The molecule has 0 radical (unpaired) electrons. The molecule has 3 atom stereocenters. The second-order valence-electron chi connectivity index (χ2n) is 17.6. The molecule has 0 spiro atoms. The van der Waals surface area contributed by atoms with Gasteiger partial charge in [0.1, 0.15) is 0 Å². The van der Waals surface area contributed by atoms with Crippen molar-refractivity contribution in [2.24, 2.45) is 5.41 Å². The number of unbranched alkanes of at least 4 members (excludes halogenated alkanes) is 1. The molecule has 0 N–H and O–H groups in total. The molecule has 42 heavy (non-hydrogen) atoms. The molecule has 0 saturated carbocycles. The first-order valence-corrected chi connectivity index (χ1v) is 24.9. The van der Waals surface area contributed by atoms with Crippen LogP contribution in [0.2, 0.25) is 38.0 Å². The van der Waals surface area contributed by atoms with Crippen LogP contribution < -0.4 is 0 Å². The van der Waals surface area contributed by atoms with Gasteiger partial charge < -0.3 is 0 Å². The summed E-state index contributed by atoms with van der Waals surface area (Å²) in [4.78, 5) is 0. The normalized spacial score (nSPS) is 23.8. The second-order valence-corrected chi connectivity index (χ2v) is 30.4. The first-order chi connectivity index (χ1) is 19.5. The summed E-state index contributed by atoms with van der Waals surface area (Å²) in [6.45, 7) is 29.4. The van der Waals surface area contributed by atoms with Crippen LogP contribution in [0.3, 0.4) is 0 Å². The molecule has 2 aromatic rings. The van der Waals surface area contributed by atoms with Crippen molar-refractivity contribution in [1.82, 2.24) is 0 Å². The Morgan fingerprint density at radius 3 is 1.74 bits per heavy atom. The second kappa shape index (κ2) is 11.0. The first kappa shape index (κ1) is 32.3. The summed E-state index contributed by atoms with van der Waals surface area (Å²) in [6.07, 6.45) is 10.6. The number of fused-ring (bicyclic) bond motifs is 3. The summed E-state index contributed by atoms with van der Waals surface area (Å²) in [5.41, 5.74) is 11.5. The van der Waals surface area contributed by atoms with Crippen molar-refractivity contribution in [1.29, 1.82) is 0 Å². The average Bonchev–Trinajstić information content (AvgIpc) is 3.25. The van der Waals surface area contributed by atoms with E-state index in [1.54, 1.807) is 31.3 Å². The third-order valence-electron chi connectivity index (χ3n) is 11.6. The van der Waals surface area contributed by atoms with Crippen molar-refractivity contribution in [2.75, 3.05) is 0 Å². The van der Waals surface area contributed by atoms with Crippen molar-refractivity contribution in [3.8, 4) is 11.1 Å². The molecule has 2 aromatic carbocycles. The van der Waals surface area contributed by atoms with Gasteiger partial charge >= 0.3 is 266 Å². The van der Waals surface area contributed by atoms with E-state index in [9.17, 15) is 0 Å². The minimum atomic E-state index is -1.95. The van der Waals surface area contributed by atoms with Crippen LogP contribution in [0.1, 0.15) is 116 Å². The Bertz CT molecular complexity index is 1340. The maximum atomic E-state index is 2.75. The Kier molecular flexibility index (Phi) is 8.47. The van der Waals surface area contributed by atoms with Crippen LogP contribution >= 0.6 is 0 Å². The summed E-state index contributed by atoms with van der Waals surface area (Å²) in [6, 6.07) is 15.3. The first-order valence-electron chi connectivity index (χ1n) is 17.2. The average molecular weight is 617 g/mol. The standard InChI is InChI=1S/C33H45Si.C4H9.C3H6.Ti/c1-12-33(8,24-13-16-25(19-24)34(9,10)11)30-26-17-14-22(31(2,3)4)20-28(26)29-21-23(32(5,6)7)15-18-27(29)30;1-3-4-2;1-3-2;/h14-21,30H,8,12-13H2,1-7,9-11H3;1,3-4H2,2H3;3H,1H2,2H3;. The van der Waals surface area contributed by atoms with Gasteiger partial charge in [-0.05, 0) is 0 Å². The van der Waals surface area contributed by atoms with E-state index in [-0.39, 0.29) is 16.2 Å². The molecule has 3 aliphatic rings. The minimum absolute atomic E-state index is 0.143. The van der Waals surface area contributed by atoms with Crippen molar-refractivity contribution in [3.63, 3.8) is 0 Å². The fraction of sp³-hybridized carbons (Fsp3) is 0.600. The summed E-state index contributed by atoms with van der Waals surface area (Å²) in [7, 11) is -1.37. The van der Waals surface area contributed by atoms with Crippen molar-refractivity contribution >= 4 is 8.07 Å². The fourth-order valence-electron chi connectivity index (χ4n) is 8.52. The summed E-state index contributed by atoms with van der Waals surface area (Å²) >= 11 is -1.95. The molecule has 1 saturated heterocycles. The van der Waals surface area contributed by atoms with Gasteiger partial charge in [0.15, 0.2) is 0 Å². The Hall–Kier alpha value is -1.15. The number of hydrogen-bond donors (Lipinski definition) is 0. The summed E-state index contributed by atoms with van der Waals surface area (Å²) in [5, 5.41) is 1.69. The van der Waals surface area contributed by atoms with Gasteiger partial charge in [0, 0.05) is 0 Å². The molecule has 1 heterocycles. The van der Waals surface area contributed by atoms with E-state index in [4.69, 9.17) is 0 Å². The molecular weight excluding hydrogens is 556 g/mol. The number of allylic oxidation sites excluding steroid dienone is 4. The van der Waals surface area contributed by atoms with E-state index in [2.05, 4.69) is 131 Å². The third-order valence-corrected chi connectivity index (χ3v) is 22.9. The Morgan fingerprint density at radius 1 is 0.833 bits per heavy atom. The molecule has 0 amide bonds. The Balaban J connectivity index is 1.76. The maximum absolute atomic E-state index is 2.75.